The maximum atomic E-state index is 13.5. The van der Waals surface area contributed by atoms with Crippen molar-refractivity contribution in [1.82, 2.24) is 9.88 Å². The van der Waals surface area contributed by atoms with Gasteiger partial charge in [-0.15, -0.1) is 0 Å². The lowest BCUT2D eigenvalue weighted by molar-refractivity contribution is -0.157. The molecule has 8 nitrogen and oxygen atoms in total. The van der Waals surface area contributed by atoms with Gasteiger partial charge >= 0.3 is 0 Å². The second-order valence-corrected chi connectivity index (χ2v) is 9.32. The van der Waals surface area contributed by atoms with E-state index in [1.807, 2.05) is 30.3 Å². The number of carbonyl (C=O) groups is 1. The predicted octanol–water partition coefficient (Wildman–Crippen LogP) is 2.31. The van der Waals surface area contributed by atoms with E-state index in [4.69, 9.17) is 4.74 Å². The largest absolute Gasteiger partial charge is 0.506 e. The molecule has 2 aliphatic rings. The van der Waals surface area contributed by atoms with Crippen molar-refractivity contribution in [2.75, 3.05) is 14.1 Å². The van der Waals surface area contributed by atoms with Gasteiger partial charge in [0.25, 0.3) is 0 Å². The Morgan fingerprint density at radius 1 is 1.14 bits per heavy atom. The SMILES string of the molecule is Cc1nc2c(cc1O)O[C@@]1(c3ccc(C#N)cc3)[C@H](c3ccccc3)[C@@H](C(=O)N(C)C)[C@@H](O)[C@@]21O. The van der Waals surface area contributed by atoms with Gasteiger partial charge in [-0.1, -0.05) is 42.5 Å². The molecule has 8 heteroatoms. The van der Waals surface area contributed by atoms with Gasteiger partial charge < -0.3 is 25.0 Å². The molecule has 5 atom stereocenters. The first-order chi connectivity index (χ1) is 16.7. The zero-order valence-electron chi connectivity index (χ0n) is 19.5. The summed E-state index contributed by atoms with van der Waals surface area (Å²) in [5.74, 6) is -2.27. The number of hydrogen-bond donors (Lipinski definition) is 3. The normalized spacial score (nSPS) is 28.5. The number of rotatable bonds is 3. The Morgan fingerprint density at radius 2 is 1.80 bits per heavy atom. The number of nitriles is 1. The highest BCUT2D eigenvalue weighted by molar-refractivity contribution is 5.82. The van der Waals surface area contributed by atoms with E-state index >= 15 is 0 Å². The summed E-state index contributed by atoms with van der Waals surface area (Å²) in [5, 5.41) is 43.9. The van der Waals surface area contributed by atoms with Crippen LogP contribution in [0.25, 0.3) is 0 Å². The number of benzene rings is 2. The van der Waals surface area contributed by atoms with Crippen molar-refractivity contribution in [2.24, 2.45) is 5.92 Å². The summed E-state index contributed by atoms with van der Waals surface area (Å²) in [7, 11) is 3.19. The van der Waals surface area contributed by atoms with Crippen LogP contribution in [-0.2, 0) is 16.0 Å². The van der Waals surface area contributed by atoms with Crippen molar-refractivity contribution in [2.45, 2.75) is 30.1 Å². The molecule has 1 amide bonds. The molecule has 3 N–H and O–H groups in total. The molecule has 1 aliphatic carbocycles. The van der Waals surface area contributed by atoms with Crippen molar-refractivity contribution in [3.63, 3.8) is 0 Å². The van der Waals surface area contributed by atoms with Gasteiger partial charge in [-0.3, -0.25) is 4.79 Å². The molecule has 0 saturated heterocycles. The molecule has 0 radical (unpaired) electrons. The molecule has 0 unspecified atom stereocenters. The number of nitrogens with zero attached hydrogens (tertiary/aromatic N) is 3. The van der Waals surface area contributed by atoms with Crippen molar-refractivity contribution in [1.29, 1.82) is 5.26 Å². The first kappa shape index (κ1) is 22.8. The Labute approximate surface area is 202 Å². The van der Waals surface area contributed by atoms with E-state index in [1.165, 1.54) is 11.0 Å². The number of carbonyl (C=O) groups excluding carboxylic acids is 1. The van der Waals surface area contributed by atoms with E-state index in [-0.39, 0.29) is 28.8 Å². The van der Waals surface area contributed by atoms with Crippen LogP contribution in [0.5, 0.6) is 11.5 Å². The van der Waals surface area contributed by atoms with E-state index < -0.39 is 29.1 Å². The van der Waals surface area contributed by atoms with Crippen LogP contribution in [0, 0.1) is 24.2 Å². The first-order valence-corrected chi connectivity index (χ1v) is 11.2. The molecule has 1 aromatic heterocycles. The summed E-state index contributed by atoms with van der Waals surface area (Å²) >= 11 is 0. The van der Waals surface area contributed by atoms with Gasteiger partial charge in [-0.25, -0.2) is 4.98 Å². The third-order valence-corrected chi connectivity index (χ3v) is 7.24. The highest BCUT2D eigenvalue weighted by atomic mass is 16.5. The highest BCUT2D eigenvalue weighted by Gasteiger charge is 2.78. The molecule has 2 aromatic carbocycles. The maximum absolute atomic E-state index is 13.5. The van der Waals surface area contributed by atoms with Gasteiger partial charge in [-0.2, -0.15) is 5.26 Å². The maximum Gasteiger partial charge on any atom is 0.228 e. The van der Waals surface area contributed by atoms with Crippen LogP contribution in [0.4, 0.5) is 0 Å². The number of aliphatic hydroxyl groups is 2. The Hall–Kier alpha value is -3.93. The van der Waals surface area contributed by atoms with E-state index in [2.05, 4.69) is 11.1 Å². The number of fused-ring (bicyclic) bond motifs is 3. The number of ether oxygens (including phenoxy) is 1. The predicted molar refractivity (Wildman–Crippen MR) is 125 cm³/mol. The van der Waals surface area contributed by atoms with Crippen LogP contribution in [-0.4, -0.2) is 51.3 Å². The Bertz CT molecular complexity index is 1350. The molecule has 0 spiro atoms. The number of amides is 1. The number of pyridine rings is 1. The topological polar surface area (TPSA) is 127 Å². The quantitative estimate of drug-likeness (QED) is 0.535. The van der Waals surface area contributed by atoms with E-state index in [1.54, 1.807) is 45.3 Å². The summed E-state index contributed by atoms with van der Waals surface area (Å²) < 4.78 is 6.53. The zero-order chi connectivity index (χ0) is 25.1. The van der Waals surface area contributed by atoms with E-state index in [9.17, 15) is 25.4 Å². The van der Waals surface area contributed by atoms with Crippen molar-refractivity contribution >= 4 is 5.91 Å². The van der Waals surface area contributed by atoms with Crippen LogP contribution in [0.15, 0.2) is 60.7 Å². The summed E-state index contributed by atoms with van der Waals surface area (Å²) in [6.45, 7) is 1.58. The molecule has 1 saturated carbocycles. The molecule has 178 valence electrons. The van der Waals surface area contributed by atoms with Crippen molar-refractivity contribution in [3.8, 4) is 17.6 Å². The van der Waals surface area contributed by atoms with Gasteiger partial charge in [0.15, 0.2) is 11.2 Å². The number of aryl methyl sites for hydroxylation is 1. The smallest absolute Gasteiger partial charge is 0.228 e. The lowest BCUT2D eigenvalue weighted by Crippen LogP contribution is -2.52. The summed E-state index contributed by atoms with van der Waals surface area (Å²) in [5.41, 5.74) is -1.94. The fraction of sp³-hybridized carbons (Fsp3) is 0.296. The fourth-order valence-electron chi connectivity index (χ4n) is 5.64. The second-order valence-electron chi connectivity index (χ2n) is 9.32. The van der Waals surface area contributed by atoms with Crippen LogP contribution >= 0.6 is 0 Å². The highest BCUT2D eigenvalue weighted by Crippen LogP contribution is 2.68. The van der Waals surface area contributed by atoms with Gasteiger partial charge in [0, 0.05) is 26.1 Å². The average Bonchev–Trinajstić information content (AvgIpc) is 3.22. The summed E-state index contributed by atoms with van der Waals surface area (Å²) in [6.07, 6.45) is -1.59. The molecule has 1 aliphatic heterocycles. The third kappa shape index (κ3) is 2.92. The average molecular weight is 472 g/mol. The Morgan fingerprint density at radius 3 is 2.40 bits per heavy atom. The molecule has 0 bridgehead atoms. The van der Waals surface area contributed by atoms with E-state index in [0.717, 1.165) is 0 Å². The second kappa shape index (κ2) is 7.80. The third-order valence-electron chi connectivity index (χ3n) is 7.24. The number of hydrogen-bond acceptors (Lipinski definition) is 7. The first-order valence-electron chi connectivity index (χ1n) is 11.2. The van der Waals surface area contributed by atoms with Crippen molar-refractivity contribution < 1.29 is 24.9 Å². The van der Waals surface area contributed by atoms with Crippen LogP contribution in [0.1, 0.15) is 34.0 Å². The Balaban J connectivity index is 1.88. The summed E-state index contributed by atoms with van der Waals surface area (Å²) in [4.78, 5) is 19.3. The van der Waals surface area contributed by atoms with Crippen LogP contribution < -0.4 is 4.74 Å². The van der Waals surface area contributed by atoms with E-state index in [0.29, 0.717) is 16.7 Å². The zero-order valence-corrected chi connectivity index (χ0v) is 19.5. The Kier molecular flexibility index (Phi) is 5.09. The van der Waals surface area contributed by atoms with Crippen LogP contribution in [0.3, 0.4) is 0 Å². The minimum atomic E-state index is -2.13. The number of aliphatic hydroxyl groups excluding tert-OH is 1. The summed E-state index contributed by atoms with van der Waals surface area (Å²) in [6, 6.07) is 19.1. The standard InChI is InChI=1S/C27H25N3O5/c1-15-19(31)13-20-23(29-15)26(34)24(32)21(25(33)30(2)3)22(17-7-5-4-6-8-17)27(26,35-20)18-11-9-16(14-28)10-12-18/h4-13,21-22,24,31-32,34H,1-3H3/t21-,22-,24-,26+,27+/m1/s1. The minimum absolute atomic E-state index is 0.0552. The lowest BCUT2D eigenvalue weighted by atomic mass is 9.71. The monoisotopic (exact) mass is 471 g/mol. The lowest BCUT2D eigenvalue weighted by Gasteiger charge is -2.40. The number of aromatic nitrogens is 1. The fourth-order valence-corrected chi connectivity index (χ4v) is 5.64. The van der Waals surface area contributed by atoms with Crippen LogP contribution in [0.2, 0.25) is 0 Å². The molecular formula is C27H25N3O5. The molecule has 35 heavy (non-hydrogen) atoms. The molecular weight excluding hydrogens is 446 g/mol. The molecule has 1 fully saturated rings. The number of aromatic hydroxyl groups is 1. The molecule has 2 heterocycles. The van der Waals surface area contributed by atoms with Gasteiger partial charge in [0.1, 0.15) is 23.3 Å². The molecule has 5 rings (SSSR count). The minimum Gasteiger partial charge on any atom is -0.506 e. The molecule has 3 aromatic rings. The van der Waals surface area contributed by atoms with Gasteiger partial charge in [0.2, 0.25) is 5.91 Å². The van der Waals surface area contributed by atoms with Gasteiger partial charge in [0.05, 0.1) is 23.2 Å². The van der Waals surface area contributed by atoms with Gasteiger partial charge in [-0.05, 0) is 30.2 Å². The van der Waals surface area contributed by atoms with Crippen molar-refractivity contribution in [3.05, 3.63) is 88.7 Å².